The van der Waals surface area contributed by atoms with E-state index in [0.717, 1.165) is 37.0 Å². The molecule has 4 aliphatic rings. The minimum Gasteiger partial charge on any atom is -0.507 e. The summed E-state index contributed by atoms with van der Waals surface area (Å²) in [6.07, 6.45) is 7.55. The molecule has 4 saturated carbocycles. The molecule has 3 nitrogen and oxygen atoms in total. The van der Waals surface area contributed by atoms with Crippen LogP contribution < -0.4 is 4.74 Å². The number of phenolic OH excluding ortho intramolecular Hbond substituents is 1. The molecule has 0 heterocycles. The Morgan fingerprint density at radius 1 is 0.923 bits per heavy atom. The predicted molar refractivity (Wildman–Crippen MR) is 99.5 cm³/mol. The molecule has 2 aromatic rings. The maximum atomic E-state index is 12.6. The highest BCUT2D eigenvalue weighted by atomic mass is 16.5. The van der Waals surface area contributed by atoms with Crippen molar-refractivity contribution in [2.24, 2.45) is 17.8 Å². The van der Waals surface area contributed by atoms with Crippen LogP contribution >= 0.6 is 0 Å². The van der Waals surface area contributed by atoms with Gasteiger partial charge in [-0.15, -0.1) is 0 Å². The van der Waals surface area contributed by atoms with Crippen molar-refractivity contribution in [2.45, 2.75) is 44.1 Å². The van der Waals surface area contributed by atoms with Crippen LogP contribution in [-0.2, 0) is 0 Å². The second kappa shape index (κ2) is 5.87. The highest BCUT2D eigenvalue weighted by Gasteiger charge is 2.52. The van der Waals surface area contributed by atoms with Crippen molar-refractivity contribution in [1.29, 1.82) is 0 Å². The fourth-order valence-corrected chi connectivity index (χ4v) is 5.92. The number of ketones is 1. The van der Waals surface area contributed by atoms with Gasteiger partial charge in [0.15, 0.2) is 5.78 Å². The first kappa shape index (κ1) is 15.9. The van der Waals surface area contributed by atoms with Crippen molar-refractivity contribution >= 4 is 5.78 Å². The highest BCUT2D eigenvalue weighted by molar-refractivity contribution is 6.10. The molecular formula is C23H24O3. The Morgan fingerprint density at radius 2 is 1.54 bits per heavy atom. The van der Waals surface area contributed by atoms with Gasteiger partial charge < -0.3 is 9.84 Å². The minimum atomic E-state index is -0.163. The summed E-state index contributed by atoms with van der Waals surface area (Å²) in [7, 11) is 0. The summed E-state index contributed by atoms with van der Waals surface area (Å²) in [5.41, 5.74) is 0.859. The zero-order valence-corrected chi connectivity index (χ0v) is 14.9. The molecule has 4 fully saturated rings. The molecule has 0 spiro atoms. The molecule has 4 aliphatic carbocycles. The third kappa shape index (κ3) is 2.70. The Labute approximate surface area is 154 Å². The van der Waals surface area contributed by atoms with E-state index in [9.17, 15) is 9.90 Å². The highest BCUT2D eigenvalue weighted by Crippen LogP contribution is 2.57. The van der Waals surface area contributed by atoms with E-state index in [1.807, 2.05) is 24.3 Å². The van der Waals surface area contributed by atoms with Gasteiger partial charge in [-0.25, -0.2) is 0 Å². The largest absolute Gasteiger partial charge is 0.507 e. The lowest BCUT2D eigenvalue weighted by Gasteiger charge is -2.56. The molecule has 134 valence electrons. The number of benzene rings is 2. The molecule has 3 heteroatoms. The summed E-state index contributed by atoms with van der Waals surface area (Å²) < 4.78 is 6.46. The summed E-state index contributed by atoms with van der Waals surface area (Å²) >= 11 is 0. The first-order valence-electron chi connectivity index (χ1n) is 9.72. The first-order valence-corrected chi connectivity index (χ1v) is 9.72. The second-order valence-electron chi connectivity index (χ2n) is 8.58. The molecule has 1 N–H and O–H groups in total. The number of ether oxygens (including phenoxy) is 1. The first-order chi connectivity index (χ1) is 12.6. The molecule has 0 unspecified atom stereocenters. The molecule has 0 aliphatic heterocycles. The lowest BCUT2D eigenvalue weighted by Crippen LogP contribution is -2.53. The Kier molecular flexibility index (Phi) is 3.59. The average Bonchev–Trinajstić information content (AvgIpc) is 2.60. The van der Waals surface area contributed by atoms with Crippen molar-refractivity contribution in [3.05, 3.63) is 59.7 Å². The van der Waals surface area contributed by atoms with Crippen LogP contribution in [0.1, 0.15) is 54.4 Å². The third-order valence-electron chi connectivity index (χ3n) is 6.57. The van der Waals surface area contributed by atoms with Gasteiger partial charge in [-0.2, -0.15) is 0 Å². The summed E-state index contributed by atoms with van der Waals surface area (Å²) in [5, 5.41) is 10.4. The van der Waals surface area contributed by atoms with E-state index in [2.05, 4.69) is 0 Å². The van der Waals surface area contributed by atoms with Crippen LogP contribution in [0.4, 0.5) is 0 Å². The summed E-state index contributed by atoms with van der Waals surface area (Å²) in [6.45, 7) is 0. The van der Waals surface area contributed by atoms with Gasteiger partial charge in [-0.05, 0) is 68.4 Å². The Morgan fingerprint density at radius 3 is 2.12 bits per heavy atom. The van der Waals surface area contributed by atoms with Gasteiger partial charge in [-0.1, -0.05) is 30.3 Å². The number of hydrogen-bond acceptors (Lipinski definition) is 3. The van der Waals surface area contributed by atoms with Gasteiger partial charge in [0, 0.05) is 11.6 Å². The Bertz CT molecular complexity index is 805. The van der Waals surface area contributed by atoms with Crippen molar-refractivity contribution in [3.63, 3.8) is 0 Å². The zero-order chi connectivity index (χ0) is 17.7. The predicted octanol–water partition coefficient (Wildman–Crippen LogP) is 4.97. The summed E-state index contributed by atoms with van der Waals surface area (Å²) in [6, 6.07) is 14.2. The fraction of sp³-hybridized carbons (Fsp3) is 0.435. The molecule has 0 amide bonds. The Hall–Kier alpha value is -2.29. The van der Waals surface area contributed by atoms with E-state index in [1.165, 1.54) is 19.3 Å². The lowest BCUT2D eigenvalue weighted by atomic mass is 9.54. The topological polar surface area (TPSA) is 46.5 Å². The molecule has 0 atom stereocenters. The molecule has 0 radical (unpaired) electrons. The smallest absolute Gasteiger partial charge is 0.196 e. The van der Waals surface area contributed by atoms with Gasteiger partial charge in [0.05, 0.1) is 5.56 Å². The van der Waals surface area contributed by atoms with Crippen molar-refractivity contribution < 1.29 is 14.6 Å². The van der Waals surface area contributed by atoms with Gasteiger partial charge in [0.2, 0.25) is 0 Å². The van der Waals surface area contributed by atoms with Crippen molar-refractivity contribution in [3.8, 4) is 11.5 Å². The van der Waals surface area contributed by atoms with E-state index in [0.29, 0.717) is 16.9 Å². The van der Waals surface area contributed by atoms with Gasteiger partial charge in [0.25, 0.3) is 0 Å². The van der Waals surface area contributed by atoms with Crippen molar-refractivity contribution in [2.75, 3.05) is 0 Å². The average molecular weight is 348 g/mol. The molecule has 2 aromatic carbocycles. The van der Waals surface area contributed by atoms with E-state index in [-0.39, 0.29) is 17.1 Å². The lowest BCUT2D eigenvalue weighted by molar-refractivity contribution is -0.107. The minimum absolute atomic E-state index is 0.00100. The molecule has 0 aromatic heterocycles. The standard InChI is InChI=1S/C23H24O3/c24-21-11-19(6-7-20(21)22(25)18-4-2-1-3-5-18)26-23-12-15-8-16(13-23)10-17(9-15)14-23/h1-7,11,15-17,24H,8-10,12-14H2. The van der Waals surface area contributed by atoms with Crippen LogP contribution in [-0.4, -0.2) is 16.5 Å². The molecule has 6 rings (SSSR count). The second-order valence-corrected chi connectivity index (χ2v) is 8.58. The quantitative estimate of drug-likeness (QED) is 0.794. The molecule has 26 heavy (non-hydrogen) atoms. The monoisotopic (exact) mass is 348 g/mol. The number of carbonyl (C=O) groups is 1. The molecular weight excluding hydrogens is 324 g/mol. The van der Waals surface area contributed by atoms with E-state index in [4.69, 9.17) is 4.74 Å². The van der Waals surface area contributed by atoms with E-state index in [1.54, 1.807) is 24.3 Å². The third-order valence-corrected chi connectivity index (χ3v) is 6.57. The maximum Gasteiger partial charge on any atom is 0.196 e. The number of rotatable bonds is 4. The number of carbonyl (C=O) groups excluding carboxylic acids is 1. The van der Waals surface area contributed by atoms with Crippen LogP contribution in [0.3, 0.4) is 0 Å². The summed E-state index contributed by atoms with van der Waals surface area (Å²) in [5.74, 6) is 2.97. The van der Waals surface area contributed by atoms with Gasteiger partial charge >= 0.3 is 0 Å². The summed E-state index contributed by atoms with van der Waals surface area (Å²) in [4.78, 5) is 12.6. The van der Waals surface area contributed by atoms with Gasteiger partial charge in [0.1, 0.15) is 17.1 Å². The zero-order valence-electron chi connectivity index (χ0n) is 14.9. The van der Waals surface area contributed by atoms with E-state index >= 15 is 0 Å². The van der Waals surface area contributed by atoms with E-state index < -0.39 is 0 Å². The normalized spacial score (nSPS) is 31.8. The van der Waals surface area contributed by atoms with Crippen molar-refractivity contribution in [1.82, 2.24) is 0 Å². The van der Waals surface area contributed by atoms with Crippen LogP contribution in [0.25, 0.3) is 0 Å². The molecule has 4 bridgehead atoms. The van der Waals surface area contributed by atoms with Gasteiger partial charge in [-0.3, -0.25) is 4.79 Å². The molecule has 0 saturated heterocycles. The maximum absolute atomic E-state index is 12.6. The number of hydrogen-bond donors (Lipinski definition) is 1. The van der Waals surface area contributed by atoms with Crippen LogP contribution in [0.5, 0.6) is 11.5 Å². The number of aromatic hydroxyl groups is 1. The number of phenols is 1. The Balaban J connectivity index is 1.38. The fourth-order valence-electron chi connectivity index (χ4n) is 5.92. The SMILES string of the molecule is O=C(c1ccccc1)c1ccc(OC23CC4CC(CC(C4)C2)C3)cc1O. The van der Waals surface area contributed by atoms with Crippen LogP contribution in [0.15, 0.2) is 48.5 Å². The van der Waals surface area contributed by atoms with Crippen LogP contribution in [0.2, 0.25) is 0 Å². The van der Waals surface area contributed by atoms with Crippen LogP contribution in [0, 0.1) is 17.8 Å².